The third-order valence-corrected chi connectivity index (χ3v) is 6.26. The lowest BCUT2D eigenvalue weighted by molar-refractivity contribution is 0.599. The molecule has 0 bridgehead atoms. The van der Waals surface area contributed by atoms with Crippen LogP contribution in [0.2, 0.25) is 0 Å². The molecule has 0 aliphatic carbocycles. The molecule has 1 N–H and O–H groups in total. The summed E-state index contributed by atoms with van der Waals surface area (Å²) in [6, 6.07) is 3.37. The maximum absolute atomic E-state index is 12.8. The number of nitrogens with zero attached hydrogens (tertiary/aromatic N) is 1. The van der Waals surface area contributed by atoms with Crippen molar-refractivity contribution in [3.05, 3.63) is 50.6 Å². The molecule has 0 spiro atoms. The van der Waals surface area contributed by atoms with E-state index in [-0.39, 0.29) is 0 Å². The molecule has 4 nitrogen and oxygen atoms in total. The Bertz CT molecular complexity index is 799. The Kier molecular flexibility index (Phi) is 4.63. The Hall–Kier alpha value is -1.40. The second kappa shape index (κ2) is 6.01. The van der Waals surface area contributed by atoms with Gasteiger partial charge in [0.15, 0.2) is 0 Å². The van der Waals surface area contributed by atoms with Gasteiger partial charge in [0.25, 0.3) is 10.0 Å². The predicted octanol–water partition coefficient (Wildman–Crippen LogP) is 4.19. The van der Waals surface area contributed by atoms with E-state index in [0.29, 0.717) is 10.7 Å². The summed E-state index contributed by atoms with van der Waals surface area (Å²) in [5, 5.41) is 0. The SMILES string of the molecule is Cc1c(C)c(C)c(S(=O)(=O)Nc2ccc(Br)cn2)c(C)c1C. The van der Waals surface area contributed by atoms with Gasteiger partial charge in [-0.25, -0.2) is 13.4 Å². The van der Waals surface area contributed by atoms with Crippen LogP contribution in [-0.2, 0) is 10.0 Å². The van der Waals surface area contributed by atoms with E-state index in [4.69, 9.17) is 0 Å². The van der Waals surface area contributed by atoms with Gasteiger partial charge in [0, 0.05) is 10.7 Å². The minimum absolute atomic E-state index is 0.304. The zero-order chi connectivity index (χ0) is 16.7. The minimum Gasteiger partial charge on any atom is -0.263 e. The lowest BCUT2D eigenvalue weighted by atomic mass is 9.95. The van der Waals surface area contributed by atoms with Crippen LogP contribution in [0.25, 0.3) is 0 Å². The van der Waals surface area contributed by atoms with Gasteiger partial charge in [-0.05, 0) is 90.5 Å². The van der Waals surface area contributed by atoms with E-state index in [0.717, 1.165) is 32.3 Å². The van der Waals surface area contributed by atoms with Crippen molar-refractivity contribution in [2.24, 2.45) is 0 Å². The largest absolute Gasteiger partial charge is 0.263 e. The summed E-state index contributed by atoms with van der Waals surface area (Å²) in [4.78, 5) is 4.42. The van der Waals surface area contributed by atoms with Gasteiger partial charge in [-0.1, -0.05) is 0 Å². The average molecular weight is 383 g/mol. The fourth-order valence-corrected chi connectivity index (χ4v) is 4.34. The van der Waals surface area contributed by atoms with Gasteiger partial charge in [0.2, 0.25) is 0 Å². The first kappa shape index (κ1) is 17.0. The first-order chi connectivity index (χ1) is 10.1. The number of rotatable bonds is 3. The standard InChI is InChI=1S/C16H19BrN2O2S/c1-9-10(2)12(4)16(13(5)11(9)3)22(20,21)19-15-7-6-14(17)8-18-15/h6-8H,1-5H3,(H,18,19). The Morgan fingerprint density at radius 3 is 1.86 bits per heavy atom. The number of nitrogens with one attached hydrogen (secondary N) is 1. The molecule has 0 fully saturated rings. The van der Waals surface area contributed by atoms with Crippen molar-refractivity contribution in [2.75, 3.05) is 4.72 Å². The smallest absolute Gasteiger partial charge is 0.263 e. The van der Waals surface area contributed by atoms with E-state index in [1.807, 2.05) is 34.6 Å². The number of aromatic nitrogens is 1. The van der Waals surface area contributed by atoms with Crippen LogP contribution in [0.3, 0.4) is 0 Å². The summed E-state index contributed by atoms with van der Waals surface area (Å²) in [6.07, 6.45) is 1.56. The number of benzene rings is 1. The molecule has 6 heteroatoms. The monoisotopic (exact) mass is 382 g/mol. The normalized spacial score (nSPS) is 11.5. The molecule has 0 aliphatic rings. The van der Waals surface area contributed by atoms with Gasteiger partial charge < -0.3 is 0 Å². The fraction of sp³-hybridized carbons (Fsp3) is 0.312. The molecule has 2 aromatic rings. The van der Waals surface area contributed by atoms with Crippen LogP contribution < -0.4 is 4.72 Å². The van der Waals surface area contributed by atoms with Gasteiger partial charge in [-0.2, -0.15) is 0 Å². The highest BCUT2D eigenvalue weighted by molar-refractivity contribution is 9.10. The molecule has 0 saturated heterocycles. The number of sulfonamides is 1. The Balaban J connectivity index is 2.57. The number of hydrogen-bond acceptors (Lipinski definition) is 3. The Morgan fingerprint density at radius 1 is 0.909 bits per heavy atom. The number of anilines is 1. The zero-order valence-electron chi connectivity index (χ0n) is 13.3. The molecule has 1 aromatic carbocycles. The average Bonchev–Trinajstić information content (AvgIpc) is 2.45. The van der Waals surface area contributed by atoms with Gasteiger partial charge in [0.05, 0.1) is 4.90 Å². The first-order valence-electron chi connectivity index (χ1n) is 6.86. The summed E-state index contributed by atoms with van der Waals surface area (Å²) >= 11 is 3.28. The molecule has 0 saturated carbocycles. The second-order valence-corrected chi connectivity index (χ2v) is 7.96. The quantitative estimate of drug-likeness (QED) is 0.865. The van der Waals surface area contributed by atoms with E-state index >= 15 is 0 Å². The highest BCUT2D eigenvalue weighted by Crippen LogP contribution is 2.30. The summed E-state index contributed by atoms with van der Waals surface area (Å²) < 4.78 is 28.9. The Morgan fingerprint density at radius 2 is 1.41 bits per heavy atom. The molecular weight excluding hydrogens is 364 g/mol. The van der Waals surface area contributed by atoms with E-state index in [9.17, 15) is 8.42 Å². The third-order valence-electron chi connectivity index (χ3n) is 4.17. The van der Waals surface area contributed by atoms with Gasteiger partial charge in [-0.15, -0.1) is 0 Å². The molecule has 0 unspecified atom stereocenters. The zero-order valence-corrected chi connectivity index (χ0v) is 15.7. The van der Waals surface area contributed by atoms with Crippen molar-refractivity contribution in [1.82, 2.24) is 4.98 Å². The van der Waals surface area contributed by atoms with Crippen LogP contribution in [-0.4, -0.2) is 13.4 Å². The van der Waals surface area contributed by atoms with Crippen molar-refractivity contribution < 1.29 is 8.42 Å². The van der Waals surface area contributed by atoms with E-state index in [1.165, 1.54) is 0 Å². The topological polar surface area (TPSA) is 59.1 Å². The van der Waals surface area contributed by atoms with Gasteiger partial charge >= 0.3 is 0 Å². The van der Waals surface area contributed by atoms with Crippen molar-refractivity contribution in [3.8, 4) is 0 Å². The molecule has 2 rings (SSSR count). The van der Waals surface area contributed by atoms with Gasteiger partial charge in [-0.3, -0.25) is 4.72 Å². The molecule has 1 heterocycles. The van der Waals surface area contributed by atoms with Crippen LogP contribution >= 0.6 is 15.9 Å². The number of halogens is 1. The maximum Gasteiger partial charge on any atom is 0.263 e. The summed E-state index contributed by atoms with van der Waals surface area (Å²) in [6.45, 7) is 9.61. The highest BCUT2D eigenvalue weighted by atomic mass is 79.9. The second-order valence-electron chi connectivity index (χ2n) is 5.42. The summed E-state index contributed by atoms with van der Waals surface area (Å²) in [5.41, 5.74) is 4.71. The van der Waals surface area contributed by atoms with E-state index in [2.05, 4.69) is 25.6 Å². The molecule has 0 aliphatic heterocycles. The van der Waals surface area contributed by atoms with Gasteiger partial charge in [0.1, 0.15) is 5.82 Å². The highest BCUT2D eigenvalue weighted by Gasteiger charge is 2.24. The fourth-order valence-electron chi connectivity index (χ4n) is 2.49. The Labute approximate surface area is 140 Å². The van der Waals surface area contributed by atoms with Crippen molar-refractivity contribution in [3.63, 3.8) is 0 Å². The molecule has 0 radical (unpaired) electrons. The molecule has 22 heavy (non-hydrogen) atoms. The molecule has 1 aromatic heterocycles. The lowest BCUT2D eigenvalue weighted by Gasteiger charge is -2.19. The van der Waals surface area contributed by atoms with Crippen LogP contribution in [0.1, 0.15) is 27.8 Å². The lowest BCUT2D eigenvalue weighted by Crippen LogP contribution is -2.18. The number of pyridine rings is 1. The summed E-state index contributed by atoms with van der Waals surface area (Å²) in [5.74, 6) is 0.304. The molecule has 0 atom stereocenters. The van der Waals surface area contributed by atoms with E-state index in [1.54, 1.807) is 18.3 Å². The van der Waals surface area contributed by atoms with Crippen LogP contribution in [0.5, 0.6) is 0 Å². The van der Waals surface area contributed by atoms with Crippen LogP contribution in [0.4, 0.5) is 5.82 Å². The molecular formula is C16H19BrN2O2S. The third kappa shape index (κ3) is 3.03. The van der Waals surface area contributed by atoms with Crippen molar-refractivity contribution in [2.45, 2.75) is 39.5 Å². The van der Waals surface area contributed by atoms with Crippen molar-refractivity contribution >= 4 is 31.8 Å². The summed E-state index contributed by atoms with van der Waals surface area (Å²) in [7, 11) is -3.68. The molecule has 0 amide bonds. The predicted molar refractivity (Wildman–Crippen MR) is 92.9 cm³/mol. The molecule has 118 valence electrons. The first-order valence-corrected chi connectivity index (χ1v) is 9.14. The van der Waals surface area contributed by atoms with E-state index < -0.39 is 10.0 Å². The minimum atomic E-state index is -3.68. The van der Waals surface area contributed by atoms with Crippen LogP contribution in [0.15, 0.2) is 27.7 Å². The number of hydrogen-bond donors (Lipinski definition) is 1. The maximum atomic E-state index is 12.8. The van der Waals surface area contributed by atoms with Crippen molar-refractivity contribution in [1.29, 1.82) is 0 Å². The van der Waals surface area contributed by atoms with Crippen LogP contribution in [0, 0.1) is 34.6 Å².